The maximum Gasteiger partial charge on any atom is 0.195 e. The predicted octanol–water partition coefficient (Wildman–Crippen LogP) is 1.07. The van der Waals surface area contributed by atoms with Crippen LogP contribution in [0, 0.1) is 0 Å². The predicted molar refractivity (Wildman–Crippen MR) is 56.9 cm³/mol. The van der Waals surface area contributed by atoms with Crippen molar-refractivity contribution in [2.45, 2.75) is 0 Å². The molecule has 4 heteroatoms. The van der Waals surface area contributed by atoms with Gasteiger partial charge in [-0.2, -0.15) is 0 Å². The quantitative estimate of drug-likeness (QED) is 0.735. The monoisotopic (exact) mass is 191 g/mol. The van der Waals surface area contributed by atoms with E-state index in [1.54, 1.807) is 7.11 Å². The molecule has 2 rings (SSSR count). The molecule has 14 heavy (non-hydrogen) atoms. The molecule has 4 nitrogen and oxygen atoms in total. The molecule has 0 aromatic heterocycles. The smallest absolute Gasteiger partial charge is 0.195 e. The van der Waals surface area contributed by atoms with Crippen LogP contribution in [0.3, 0.4) is 0 Å². The highest BCUT2D eigenvalue weighted by molar-refractivity contribution is 5.94. The molecule has 0 unspecified atom stereocenters. The molecular weight excluding hydrogens is 178 g/mol. The van der Waals surface area contributed by atoms with Crippen LogP contribution in [0.15, 0.2) is 29.3 Å². The number of anilines is 1. The minimum atomic E-state index is 0.832. The van der Waals surface area contributed by atoms with E-state index >= 15 is 0 Å². The van der Waals surface area contributed by atoms with Crippen LogP contribution in [0.25, 0.3) is 0 Å². The second-order valence-corrected chi connectivity index (χ2v) is 3.01. The number of hydrogen-bond acceptors (Lipinski definition) is 4. The second kappa shape index (κ2) is 4.00. The first-order valence-electron chi connectivity index (χ1n) is 4.58. The molecule has 0 atom stereocenters. The molecule has 74 valence electrons. The van der Waals surface area contributed by atoms with E-state index < -0.39 is 0 Å². The first kappa shape index (κ1) is 8.87. The van der Waals surface area contributed by atoms with Crippen molar-refractivity contribution in [2.24, 2.45) is 4.99 Å². The highest BCUT2D eigenvalue weighted by atomic mass is 16.5. The van der Waals surface area contributed by atoms with Crippen LogP contribution < -0.4 is 15.4 Å². The van der Waals surface area contributed by atoms with Crippen LogP contribution in [0.5, 0.6) is 5.75 Å². The van der Waals surface area contributed by atoms with Crippen LogP contribution in [-0.4, -0.2) is 26.2 Å². The third-order valence-corrected chi connectivity index (χ3v) is 2.01. The Morgan fingerprint density at radius 3 is 3.14 bits per heavy atom. The fourth-order valence-corrected chi connectivity index (χ4v) is 1.32. The van der Waals surface area contributed by atoms with Gasteiger partial charge in [-0.1, -0.05) is 6.07 Å². The minimum Gasteiger partial charge on any atom is -0.497 e. The van der Waals surface area contributed by atoms with Crippen LogP contribution in [0.4, 0.5) is 5.69 Å². The summed E-state index contributed by atoms with van der Waals surface area (Å²) in [6.07, 6.45) is 0. The molecule has 2 N–H and O–H groups in total. The Morgan fingerprint density at radius 2 is 2.43 bits per heavy atom. The van der Waals surface area contributed by atoms with E-state index in [-0.39, 0.29) is 0 Å². The molecule has 0 spiro atoms. The topological polar surface area (TPSA) is 45.6 Å². The van der Waals surface area contributed by atoms with Gasteiger partial charge in [0.1, 0.15) is 5.75 Å². The van der Waals surface area contributed by atoms with Crippen molar-refractivity contribution in [3.8, 4) is 5.75 Å². The lowest BCUT2D eigenvalue weighted by atomic mass is 10.3. The maximum atomic E-state index is 5.12. The minimum absolute atomic E-state index is 0.832. The highest BCUT2D eigenvalue weighted by Crippen LogP contribution is 2.16. The average molecular weight is 191 g/mol. The van der Waals surface area contributed by atoms with Gasteiger partial charge in [0.25, 0.3) is 0 Å². The third-order valence-electron chi connectivity index (χ3n) is 2.01. The molecule has 0 aliphatic carbocycles. The van der Waals surface area contributed by atoms with E-state index in [4.69, 9.17) is 4.74 Å². The Labute approximate surface area is 83.0 Å². The summed E-state index contributed by atoms with van der Waals surface area (Å²) in [5.41, 5.74) is 0.984. The lowest BCUT2D eigenvalue weighted by Gasteiger charge is -2.07. The van der Waals surface area contributed by atoms with Gasteiger partial charge in [-0.3, -0.25) is 4.99 Å². The molecular formula is C10H13N3O. The van der Waals surface area contributed by atoms with Gasteiger partial charge in [-0.05, 0) is 12.1 Å². The SMILES string of the molecule is COc1cccc(NC2=NCCN2)c1. The van der Waals surface area contributed by atoms with Gasteiger partial charge in [0, 0.05) is 18.3 Å². The first-order valence-corrected chi connectivity index (χ1v) is 4.58. The number of nitrogens with one attached hydrogen (secondary N) is 2. The number of nitrogens with zero attached hydrogens (tertiary/aromatic N) is 1. The molecule has 1 aliphatic heterocycles. The molecule has 0 saturated heterocycles. The zero-order valence-corrected chi connectivity index (χ0v) is 8.08. The van der Waals surface area contributed by atoms with Gasteiger partial charge >= 0.3 is 0 Å². The van der Waals surface area contributed by atoms with Gasteiger partial charge in [-0.25, -0.2) is 0 Å². The zero-order chi connectivity index (χ0) is 9.80. The summed E-state index contributed by atoms with van der Waals surface area (Å²) >= 11 is 0. The number of guanidine groups is 1. The second-order valence-electron chi connectivity index (χ2n) is 3.01. The van der Waals surface area contributed by atoms with E-state index in [0.717, 1.165) is 30.5 Å². The van der Waals surface area contributed by atoms with Crippen molar-refractivity contribution >= 4 is 11.6 Å². The molecule has 1 aromatic carbocycles. The number of methoxy groups -OCH3 is 1. The zero-order valence-electron chi connectivity index (χ0n) is 8.08. The van der Waals surface area contributed by atoms with Crippen molar-refractivity contribution in [1.29, 1.82) is 0 Å². The highest BCUT2D eigenvalue weighted by Gasteiger charge is 2.04. The first-order chi connectivity index (χ1) is 6.88. The van der Waals surface area contributed by atoms with Crippen molar-refractivity contribution in [1.82, 2.24) is 5.32 Å². The Bertz CT molecular complexity index is 349. The van der Waals surface area contributed by atoms with Crippen LogP contribution >= 0.6 is 0 Å². The largest absolute Gasteiger partial charge is 0.497 e. The fourth-order valence-electron chi connectivity index (χ4n) is 1.32. The standard InChI is InChI=1S/C10H13N3O/c1-14-9-4-2-3-8(7-9)13-10-11-5-6-12-10/h2-4,7H,5-6H2,1H3,(H2,11,12,13). The van der Waals surface area contributed by atoms with Gasteiger partial charge in [0.05, 0.1) is 13.7 Å². The van der Waals surface area contributed by atoms with Gasteiger partial charge in [0.2, 0.25) is 0 Å². The van der Waals surface area contributed by atoms with Crippen molar-refractivity contribution in [3.05, 3.63) is 24.3 Å². The van der Waals surface area contributed by atoms with Gasteiger partial charge in [-0.15, -0.1) is 0 Å². The Kier molecular flexibility index (Phi) is 2.53. The molecule has 0 amide bonds. The number of rotatable bonds is 2. The van der Waals surface area contributed by atoms with Crippen LogP contribution in [0.1, 0.15) is 0 Å². The van der Waals surface area contributed by atoms with E-state index in [0.29, 0.717) is 0 Å². The summed E-state index contributed by atoms with van der Waals surface area (Å²) in [5.74, 6) is 1.67. The van der Waals surface area contributed by atoms with Crippen LogP contribution in [-0.2, 0) is 0 Å². The van der Waals surface area contributed by atoms with E-state index in [9.17, 15) is 0 Å². The molecule has 0 bridgehead atoms. The number of aliphatic imine (C=N–C) groups is 1. The summed E-state index contributed by atoms with van der Waals surface area (Å²) in [6, 6.07) is 7.76. The number of benzene rings is 1. The summed E-state index contributed by atoms with van der Waals surface area (Å²) < 4.78 is 5.12. The summed E-state index contributed by atoms with van der Waals surface area (Å²) in [4.78, 5) is 4.24. The Morgan fingerprint density at radius 1 is 1.50 bits per heavy atom. The van der Waals surface area contributed by atoms with E-state index in [1.165, 1.54) is 0 Å². The molecule has 1 aromatic rings. The van der Waals surface area contributed by atoms with E-state index in [2.05, 4.69) is 15.6 Å². The molecule has 1 heterocycles. The molecule has 1 aliphatic rings. The molecule has 0 fully saturated rings. The summed E-state index contributed by atoms with van der Waals surface area (Å²) in [7, 11) is 1.66. The normalized spacial score (nSPS) is 14.5. The average Bonchev–Trinajstić information content (AvgIpc) is 2.71. The lowest BCUT2D eigenvalue weighted by Crippen LogP contribution is -2.26. The molecule has 0 radical (unpaired) electrons. The third kappa shape index (κ3) is 1.96. The lowest BCUT2D eigenvalue weighted by molar-refractivity contribution is 0.415. The number of hydrogen-bond donors (Lipinski definition) is 2. The van der Waals surface area contributed by atoms with Crippen LogP contribution in [0.2, 0.25) is 0 Å². The Hall–Kier alpha value is -1.71. The summed E-state index contributed by atoms with van der Waals surface area (Å²) in [6.45, 7) is 1.75. The van der Waals surface area contributed by atoms with Gasteiger partial charge in [0.15, 0.2) is 5.96 Å². The maximum absolute atomic E-state index is 5.12. The van der Waals surface area contributed by atoms with Crippen molar-refractivity contribution in [2.75, 3.05) is 25.5 Å². The Balaban J connectivity index is 2.08. The number of ether oxygens (including phenoxy) is 1. The van der Waals surface area contributed by atoms with Gasteiger partial charge < -0.3 is 15.4 Å². The van der Waals surface area contributed by atoms with Crippen molar-refractivity contribution in [3.63, 3.8) is 0 Å². The fraction of sp³-hybridized carbons (Fsp3) is 0.300. The summed E-state index contributed by atoms with van der Waals surface area (Å²) in [5, 5.41) is 6.32. The van der Waals surface area contributed by atoms with E-state index in [1.807, 2.05) is 24.3 Å². The molecule has 0 saturated carbocycles. The van der Waals surface area contributed by atoms with Crippen molar-refractivity contribution < 1.29 is 4.74 Å².